The standard InChI is InChI=1S/C8H19NO/c1-6(5-9)7(2)8(3,4)10/h6-7,10H,5,9H2,1-4H3. The molecule has 2 nitrogen and oxygen atoms in total. The molecule has 0 fully saturated rings. The number of hydrogen-bond donors (Lipinski definition) is 2. The van der Waals surface area contributed by atoms with Gasteiger partial charge in [-0.25, -0.2) is 0 Å². The van der Waals surface area contributed by atoms with Crippen LogP contribution in [0.1, 0.15) is 27.7 Å². The second-order valence-corrected chi connectivity index (χ2v) is 3.66. The van der Waals surface area contributed by atoms with Crippen LogP contribution in [-0.4, -0.2) is 17.3 Å². The van der Waals surface area contributed by atoms with Gasteiger partial charge >= 0.3 is 0 Å². The molecule has 0 radical (unpaired) electrons. The Morgan fingerprint density at radius 3 is 1.90 bits per heavy atom. The number of aliphatic hydroxyl groups is 1. The van der Waals surface area contributed by atoms with Crippen molar-refractivity contribution in [2.24, 2.45) is 17.6 Å². The Morgan fingerprint density at radius 2 is 1.80 bits per heavy atom. The Morgan fingerprint density at radius 1 is 1.40 bits per heavy atom. The Balaban J connectivity index is 3.94. The largest absolute Gasteiger partial charge is 0.390 e. The molecule has 0 aromatic rings. The lowest BCUT2D eigenvalue weighted by molar-refractivity contribution is 0.00357. The van der Waals surface area contributed by atoms with Gasteiger partial charge in [0.1, 0.15) is 0 Å². The molecular weight excluding hydrogens is 126 g/mol. The molecule has 0 aliphatic carbocycles. The van der Waals surface area contributed by atoms with Crippen molar-refractivity contribution in [3.05, 3.63) is 0 Å². The lowest BCUT2D eigenvalue weighted by atomic mass is 9.83. The van der Waals surface area contributed by atoms with Crippen LogP contribution in [0.25, 0.3) is 0 Å². The molecule has 62 valence electrons. The first-order valence-electron chi connectivity index (χ1n) is 3.82. The van der Waals surface area contributed by atoms with Gasteiger partial charge in [0.15, 0.2) is 0 Å². The van der Waals surface area contributed by atoms with Gasteiger partial charge in [-0.05, 0) is 32.2 Å². The lowest BCUT2D eigenvalue weighted by Crippen LogP contribution is -2.35. The molecule has 0 bridgehead atoms. The molecule has 0 spiro atoms. The molecule has 2 atom stereocenters. The Hall–Kier alpha value is -0.0800. The highest BCUT2D eigenvalue weighted by Gasteiger charge is 2.26. The van der Waals surface area contributed by atoms with Gasteiger partial charge in [0.05, 0.1) is 5.60 Å². The average molecular weight is 145 g/mol. The van der Waals surface area contributed by atoms with Crippen molar-refractivity contribution in [3.8, 4) is 0 Å². The molecule has 0 aromatic heterocycles. The van der Waals surface area contributed by atoms with Crippen molar-refractivity contribution in [2.75, 3.05) is 6.54 Å². The summed E-state index contributed by atoms with van der Waals surface area (Å²) in [4.78, 5) is 0. The van der Waals surface area contributed by atoms with E-state index in [1.807, 2.05) is 20.8 Å². The Kier molecular flexibility index (Phi) is 3.33. The van der Waals surface area contributed by atoms with E-state index in [2.05, 4.69) is 6.92 Å². The molecule has 0 aliphatic heterocycles. The van der Waals surface area contributed by atoms with Crippen molar-refractivity contribution in [1.82, 2.24) is 0 Å². The first-order valence-corrected chi connectivity index (χ1v) is 3.82. The average Bonchev–Trinajstić information content (AvgIpc) is 1.83. The van der Waals surface area contributed by atoms with E-state index >= 15 is 0 Å². The van der Waals surface area contributed by atoms with Crippen LogP contribution in [0.2, 0.25) is 0 Å². The van der Waals surface area contributed by atoms with Gasteiger partial charge in [-0.1, -0.05) is 13.8 Å². The summed E-state index contributed by atoms with van der Waals surface area (Å²) in [5, 5.41) is 9.53. The van der Waals surface area contributed by atoms with Crippen molar-refractivity contribution in [3.63, 3.8) is 0 Å². The van der Waals surface area contributed by atoms with Gasteiger partial charge in [0.25, 0.3) is 0 Å². The predicted octanol–water partition coefficient (Wildman–Crippen LogP) is 0.988. The fourth-order valence-electron chi connectivity index (χ4n) is 0.900. The molecule has 0 saturated heterocycles. The first-order chi connectivity index (χ1) is 4.39. The molecule has 0 aromatic carbocycles. The SMILES string of the molecule is CC(CN)C(C)C(C)(C)O. The van der Waals surface area contributed by atoms with Gasteiger partial charge in [-0.15, -0.1) is 0 Å². The van der Waals surface area contributed by atoms with E-state index in [9.17, 15) is 5.11 Å². The molecule has 3 N–H and O–H groups in total. The second kappa shape index (κ2) is 3.35. The fourth-order valence-corrected chi connectivity index (χ4v) is 0.900. The summed E-state index contributed by atoms with van der Waals surface area (Å²) in [5.41, 5.74) is 4.86. The van der Waals surface area contributed by atoms with Crippen LogP contribution in [0.5, 0.6) is 0 Å². The number of rotatable bonds is 3. The van der Waals surface area contributed by atoms with Crippen LogP contribution in [-0.2, 0) is 0 Å². The maximum absolute atomic E-state index is 9.53. The summed E-state index contributed by atoms with van der Waals surface area (Å²) in [6.45, 7) is 8.37. The highest BCUT2D eigenvalue weighted by Crippen LogP contribution is 2.22. The number of hydrogen-bond acceptors (Lipinski definition) is 2. The fraction of sp³-hybridized carbons (Fsp3) is 1.00. The molecule has 2 heteroatoms. The van der Waals surface area contributed by atoms with E-state index in [4.69, 9.17) is 5.73 Å². The van der Waals surface area contributed by atoms with Crippen LogP contribution in [0, 0.1) is 11.8 Å². The van der Waals surface area contributed by atoms with E-state index in [1.54, 1.807) is 0 Å². The lowest BCUT2D eigenvalue weighted by Gasteiger charge is -2.30. The van der Waals surface area contributed by atoms with Crippen LogP contribution < -0.4 is 5.73 Å². The van der Waals surface area contributed by atoms with Crippen LogP contribution in [0.15, 0.2) is 0 Å². The Bertz CT molecular complexity index is 95.9. The molecule has 0 amide bonds. The van der Waals surface area contributed by atoms with E-state index < -0.39 is 5.60 Å². The van der Waals surface area contributed by atoms with Gasteiger partial charge in [-0.3, -0.25) is 0 Å². The smallest absolute Gasteiger partial charge is 0.0620 e. The maximum Gasteiger partial charge on any atom is 0.0620 e. The van der Waals surface area contributed by atoms with Gasteiger partial charge < -0.3 is 10.8 Å². The van der Waals surface area contributed by atoms with Crippen LogP contribution >= 0.6 is 0 Å². The molecule has 0 saturated carbocycles. The van der Waals surface area contributed by atoms with E-state index in [-0.39, 0.29) is 5.92 Å². The summed E-state index contributed by atoms with van der Waals surface area (Å²) in [7, 11) is 0. The van der Waals surface area contributed by atoms with Crippen molar-refractivity contribution >= 4 is 0 Å². The monoisotopic (exact) mass is 145 g/mol. The van der Waals surface area contributed by atoms with Gasteiger partial charge in [0, 0.05) is 0 Å². The molecule has 0 aliphatic rings. The minimum absolute atomic E-state index is 0.262. The summed E-state index contributed by atoms with van der Waals surface area (Å²) in [5.74, 6) is 0.650. The third-order valence-corrected chi connectivity index (χ3v) is 2.34. The summed E-state index contributed by atoms with van der Waals surface area (Å²) >= 11 is 0. The summed E-state index contributed by atoms with van der Waals surface area (Å²) in [6.07, 6.45) is 0. The van der Waals surface area contributed by atoms with Crippen LogP contribution in [0.4, 0.5) is 0 Å². The normalized spacial score (nSPS) is 18.6. The highest BCUT2D eigenvalue weighted by molar-refractivity contribution is 4.77. The molecule has 10 heavy (non-hydrogen) atoms. The van der Waals surface area contributed by atoms with E-state index in [1.165, 1.54) is 0 Å². The topological polar surface area (TPSA) is 46.2 Å². The minimum atomic E-state index is -0.598. The van der Waals surface area contributed by atoms with Gasteiger partial charge in [0.2, 0.25) is 0 Å². The molecular formula is C8H19NO. The first kappa shape index (κ1) is 9.92. The highest BCUT2D eigenvalue weighted by atomic mass is 16.3. The molecule has 0 heterocycles. The maximum atomic E-state index is 9.53. The summed E-state index contributed by atoms with van der Waals surface area (Å²) in [6, 6.07) is 0. The van der Waals surface area contributed by atoms with Gasteiger partial charge in [-0.2, -0.15) is 0 Å². The zero-order valence-corrected chi connectivity index (χ0v) is 7.39. The van der Waals surface area contributed by atoms with E-state index in [0.29, 0.717) is 12.5 Å². The number of nitrogens with two attached hydrogens (primary N) is 1. The predicted molar refractivity (Wildman–Crippen MR) is 43.7 cm³/mol. The minimum Gasteiger partial charge on any atom is -0.390 e. The Labute approximate surface area is 63.4 Å². The van der Waals surface area contributed by atoms with Crippen LogP contribution in [0.3, 0.4) is 0 Å². The zero-order chi connectivity index (χ0) is 8.36. The van der Waals surface area contributed by atoms with Crippen molar-refractivity contribution in [2.45, 2.75) is 33.3 Å². The third-order valence-electron chi connectivity index (χ3n) is 2.34. The third kappa shape index (κ3) is 2.67. The molecule has 0 rings (SSSR count). The van der Waals surface area contributed by atoms with Crippen molar-refractivity contribution in [1.29, 1.82) is 0 Å². The molecule has 2 unspecified atom stereocenters. The quantitative estimate of drug-likeness (QED) is 0.622. The van der Waals surface area contributed by atoms with Crippen molar-refractivity contribution < 1.29 is 5.11 Å². The zero-order valence-electron chi connectivity index (χ0n) is 7.39. The second-order valence-electron chi connectivity index (χ2n) is 3.66. The van der Waals surface area contributed by atoms with E-state index in [0.717, 1.165) is 0 Å². The summed E-state index contributed by atoms with van der Waals surface area (Å²) < 4.78 is 0.